The Morgan fingerprint density at radius 2 is 2.00 bits per heavy atom. The standard InChI is InChI=1S/C12H14N2O6/c1-6-8(4-3-5-9(6)14(19)20)11(16)13-10(7(2)15)12(17)18/h3-5,7,10,15H,1-2H3,(H,13,16)(H,17,18)/t7-,10+/m1/s1. The van der Waals surface area contributed by atoms with E-state index in [4.69, 9.17) is 5.11 Å². The number of carbonyl (C=O) groups is 2. The molecule has 1 amide bonds. The molecular formula is C12H14N2O6. The lowest BCUT2D eigenvalue weighted by Gasteiger charge is -2.17. The van der Waals surface area contributed by atoms with Gasteiger partial charge in [0.1, 0.15) is 0 Å². The largest absolute Gasteiger partial charge is 0.480 e. The fourth-order valence-electron chi connectivity index (χ4n) is 1.67. The smallest absolute Gasteiger partial charge is 0.328 e. The minimum Gasteiger partial charge on any atom is -0.480 e. The number of aliphatic carboxylic acids is 1. The predicted molar refractivity (Wildman–Crippen MR) is 68.4 cm³/mol. The molecule has 0 bridgehead atoms. The van der Waals surface area contributed by atoms with Crippen LogP contribution in [-0.4, -0.2) is 39.2 Å². The fourth-order valence-corrected chi connectivity index (χ4v) is 1.67. The van der Waals surface area contributed by atoms with Crippen LogP contribution >= 0.6 is 0 Å². The lowest BCUT2D eigenvalue weighted by atomic mass is 10.1. The molecule has 0 heterocycles. The van der Waals surface area contributed by atoms with Gasteiger partial charge in [0.05, 0.1) is 11.0 Å². The maximum atomic E-state index is 12.0. The second kappa shape index (κ2) is 6.11. The van der Waals surface area contributed by atoms with Gasteiger partial charge in [-0.05, 0) is 19.9 Å². The number of nitrogens with one attached hydrogen (secondary N) is 1. The van der Waals surface area contributed by atoms with Crippen molar-refractivity contribution in [1.29, 1.82) is 0 Å². The molecule has 20 heavy (non-hydrogen) atoms. The summed E-state index contributed by atoms with van der Waals surface area (Å²) in [5.41, 5.74) is -0.114. The zero-order chi connectivity index (χ0) is 15.4. The molecule has 2 atom stereocenters. The van der Waals surface area contributed by atoms with Crippen LogP contribution in [0, 0.1) is 17.0 Å². The summed E-state index contributed by atoms with van der Waals surface area (Å²) < 4.78 is 0. The Kier molecular flexibility index (Phi) is 4.76. The van der Waals surface area contributed by atoms with Gasteiger partial charge in [-0.25, -0.2) is 4.79 Å². The second-order valence-corrected chi connectivity index (χ2v) is 4.24. The number of hydrogen-bond acceptors (Lipinski definition) is 5. The van der Waals surface area contributed by atoms with Gasteiger partial charge in [0.15, 0.2) is 6.04 Å². The van der Waals surface area contributed by atoms with E-state index < -0.39 is 28.9 Å². The number of amides is 1. The van der Waals surface area contributed by atoms with Gasteiger partial charge in [0.25, 0.3) is 11.6 Å². The molecule has 0 saturated heterocycles. The molecule has 108 valence electrons. The van der Waals surface area contributed by atoms with E-state index in [0.29, 0.717) is 0 Å². The van der Waals surface area contributed by atoms with E-state index in [0.717, 1.165) is 0 Å². The van der Waals surface area contributed by atoms with E-state index in [2.05, 4.69) is 5.32 Å². The summed E-state index contributed by atoms with van der Waals surface area (Å²) in [5.74, 6) is -2.18. The summed E-state index contributed by atoms with van der Waals surface area (Å²) in [4.78, 5) is 33.0. The van der Waals surface area contributed by atoms with Crippen molar-refractivity contribution in [3.8, 4) is 0 Å². The first-order valence-electron chi connectivity index (χ1n) is 5.71. The van der Waals surface area contributed by atoms with E-state index in [1.54, 1.807) is 0 Å². The zero-order valence-corrected chi connectivity index (χ0v) is 10.9. The molecular weight excluding hydrogens is 268 g/mol. The van der Waals surface area contributed by atoms with Crippen molar-refractivity contribution in [2.24, 2.45) is 0 Å². The molecule has 0 saturated carbocycles. The molecule has 1 rings (SSSR count). The van der Waals surface area contributed by atoms with Gasteiger partial charge >= 0.3 is 5.97 Å². The molecule has 0 aliphatic carbocycles. The monoisotopic (exact) mass is 282 g/mol. The Hall–Kier alpha value is -2.48. The molecule has 0 aliphatic heterocycles. The van der Waals surface area contributed by atoms with Crippen molar-refractivity contribution in [2.75, 3.05) is 0 Å². The Morgan fingerprint density at radius 1 is 1.40 bits per heavy atom. The minimum absolute atomic E-state index is 0.00824. The summed E-state index contributed by atoms with van der Waals surface area (Å²) in [6.45, 7) is 2.62. The molecule has 8 heteroatoms. The summed E-state index contributed by atoms with van der Waals surface area (Å²) in [7, 11) is 0. The molecule has 0 radical (unpaired) electrons. The van der Waals surface area contributed by atoms with Crippen LogP contribution in [0.1, 0.15) is 22.8 Å². The van der Waals surface area contributed by atoms with E-state index in [1.165, 1.54) is 32.0 Å². The molecule has 1 aromatic carbocycles. The normalized spacial score (nSPS) is 13.3. The Morgan fingerprint density at radius 3 is 2.45 bits per heavy atom. The summed E-state index contributed by atoms with van der Waals surface area (Å²) in [6.07, 6.45) is -1.30. The number of nitrogens with zero attached hydrogens (tertiary/aromatic N) is 1. The topological polar surface area (TPSA) is 130 Å². The first-order valence-corrected chi connectivity index (χ1v) is 5.71. The van der Waals surface area contributed by atoms with E-state index in [-0.39, 0.29) is 16.8 Å². The van der Waals surface area contributed by atoms with Crippen LogP contribution in [0.5, 0.6) is 0 Å². The van der Waals surface area contributed by atoms with Crippen molar-refractivity contribution in [1.82, 2.24) is 5.32 Å². The maximum Gasteiger partial charge on any atom is 0.328 e. The van der Waals surface area contributed by atoms with Crippen molar-refractivity contribution in [3.63, 3.8) is 0 Å². The Labute approximate surface area is 114 Å². The Balaban J connectivity index is 3.07. The average Bonchev–Trinajstić information content (AvgIpc) is 2.34. The lowest BCUT2D eigenvalue weighted by Crippen LogP contribution is -2.47. The van der Waals surface area contributed by atoms with Gasteiger partial charge in [0.2, 0.25) is 0 Å². The summed E-state index contributed by atoms with van der Waals surface area (Å²) in [6, 6.07) is 2.44. The predicted octanol–water partition coefficient (Wildman–Crippen LogP) is 0.467. The van der Waals surface area contributed by atoms with Crippen molar-refractivity contribution in [2.45, 2.75) is 26.0 Å². The molecule has 0 aromatic heterocycles. The van der Waals surface area contributed by atoms with Crippen LogP contribution in [0.15, 0.2) is 18.2 Å². The van der Waals surface area contributed by atoms with Crippen molar-refractivity contribution >= 4 is 17.6 Å². The third kappa shape index (κ3) is 3.29. The number of carboxylic acids is 1. The highest BCUT2D eigenvalue weighted by Crippen LogP contribution is 2.21. The fraction of sp³-hybridized carbons (Fsp3) is 0.333. The Bertz CT molecular complexity index is 555. The highest BCUT2D eigenvalue weighted by molar-refractivity contribution is 5.98. The molecule has 0 unspecified atom stereocenters. The van der Waals surface area contributed by atoms with E-state index in [1.807, 2.05) is 0 Å². The van der Waals surface area contributed by atoms with Crippen LogP contribution in [0.25, 0.3) is 0 Å². The van der Waals surface area contributed by atoms with Crippen LogP contribution in [0.4, 0.5) is 5.69 Å². The molecule has 0 aliphatic rings. The van der Waals surface area contributed by atoms with Crippen LogP contribution < -0.4 is 5.32 Å². The number of hydrogen-bond donors (Lipinski definition) is 3. The summed E-state index contributed by atoms with van der Waals surface area (Å²) in [5, 5.41) is 31.1. The zero-order valence-electron chi connectivity index (χ0n) is 10.9. The molecule has 8 nitrogen and oxygen atoms in total. The van der Waals surface area contributed by atoms with Crippen LogP contribution in [-0.2, 0) is 4.79 Å². The first kappa shape index (κ1) is 15.6. The summed E-state index contributed by atoms with van der Waals surface area (Å²) >= 11 is 0. The number of nitro groups is 1. The van der Waals surface area contributed by atoms with Gasteiger partial charge in [-0.15, -0.1) is 0 Å². The van der Waals surface area contributed by atoms with Gasteiger partial charge in [0, 0.05) is 17.2 Å². The van der Waals surface area contributed by atoms with Crippen molar-refractivity contribution in [3.05, 3.63) is 39.4 Å². The van der Waals surface area contributed by atoms with Gasteiger partial charge in [-0.1, -0.05) is 6.07 Å². The third-order valence-corrected chi connectivity index (χ3v) is 2.78. The van der Waals surface area contributed by atoms with E-state index in [9.17, 15) is 24.8 Å². The number of rotatable bonds is 5. The molecule has 1 aromatic rings. The lowest BCUT2D eigenvalue weighted by molar-refractivity contribution is -0.385. The maximum absolute atomic E-state index is 12.0. The minimum atomic E-state index is -1.49. The quantitative estimate of drug-likeness (QED) is 0.531. The molecule has 3 N–H and O–H groups in total. The molecule has 0 spiro atoms. The van der Waals surface area contributed by atoms with Gasteiger partial charge in [-0.2, -0.15) is 0 Å². The highest BCUT2D eigenvalue weighted by atomic mass is 16.6. The van der Waals surface area contributed by atoms with Crippen LogP contribution in [0.3, 0.4) is 0 Å². The number of benzene rings is 1. The molecule has 0 fully saturated rings. The number of carbonyl (C=O) groups excluding carboxylic acids is 1. The highest BCUT2D eigenvalue weighted by Gasteiger charge is 2.27. The number of nitro benzene ring substituents is 1. The van der Waals surface area contributed by atoms with Crippen molar-refractivity contribution < 1.29 is 24.7 Å². The number of aliphatic hydroxyl groups excluding tert-OH is 1. The first-order chi connectivity index (χ1) is 9.25. The number of carboxylic acid groups (broad SMARTS) is 1. The van der Waals surface area contributed by atoms with Crippen LogP contribution in [0.2, 0.25) is 0 Å². The van der Waals surface area contributed by atoms with E-state index >= 15 is 0 Å². The second-order valence-electron chi connectivity index (χ2n) is 4.24. The average molecular weight is 282 g/mol. The SMILES string of the molecule is Cc1c(C(=O)N[C@H](C(=O)O)[C@@H](C)O)cccc1[N+](=O)[O-]. The van der Waals surface area contributed by atoms with Gasteiger partial charge in [-0.3, -0.25) is 14.9 Å². The van der Waals surface area contributed by atoms with Gasteiger partial charge < -0.3 is 15.5 Å². The third-order valence-electron chi connectivity index (χ3n) is 2.78. The number of aliphatic hydroxyl groups is 1.